The standard InChI is InChI=1S/C8H10N2O4/c1-5(8(12)13)7(11)9-4-6-2-3-14-10-6/h2-3,5H,4H2,1H3,(H,9,11)(H,12,13). The largest absolute Gasteiger partial charge is 0.481 e. The first kappa shape index (κ1) is 10.2. The Balaban J connectivity index is 2.39. The summed E-state index contributed by atoms with van der Waals surface area (Å²) < 4.78 is 4.54. The Labute approximate surface area is 79.9 Å². The molecule has 1 amide bonds. The van der Waals surface area contributed by atoms with Crippen molar-refractivity contribution in [2.24, 2.45) is 5.92 Å². The average molecular weight is 198 g/mol. The van der Waals surface area contributed by atoms with Crippen LogP contribution in [0.3, 0.4) is 0 Å². The van der Waals surface area contributed by atoms with Crippen LogP contribution in [-0.4, -0.2) is 22.1 Å². The fraction of sp³-hybridized carbons (Fsp3) is 0.375. The van der Waals surface area contributed by atoms with Gasteiger partial charge in [0, 0.05) is 6.07 Å². The topological polar surface area (TPSA) is 92.4 Å². The van der Waals surface area contributed by atoms with Crippen LogP contribution in [-0.2, 0) is 16.1 Å². The Morgan fingerprint density at radius 2 is 2.43 bits per heavy atom. The Hall–Kier alpha value is -1.85. The zero-order chi connectivity index (χ0) is 10.6. The lowest BCUT2D eigenvalue weighted by Crippen LogP contribution is -2.33. The van der Waals surface area contributed by atoms with Gasteiger partial charge < -0.3 is 14.9 Å². The van der Waals surface area contributed by atoms with Crippen LogP contribution < -0.4 is 5.32 Å². The minimum Gasteiger partial charge on any atom is -0.481 e. The van der Waals surface area contributed by atoms with Gasteiger partial charge in [-0.15, -0.1) is 0 Å². The quantitative estimate of drug-likeness (QED) is 0.665. The number of rotatable bonds is 4. The maximum Gasteiger partial charge on any atom is 0.315 e. The molecule has 0 bridgehead atoms. The van der Waals surface area contributed by atoms with E-state index < -0.39 is 17.8 Å². The number of amides is 1. The first-order valence-corrected chi connectivity index (χ1v) is 4.01. The van der Waals surface area contributed by atoms with Crippen molar-refractivity contribution in [1.82, 2.24) is 10.5 Å². The summed E-state index contributed by atoms with van der Waals surface area (Å²) in [5.41, 5.74) is 0.552. The first-order chi connectivity index (χ1) is 6.61. The summed E-state index contributed by atoms with van der Waals surface area (Å²) in [6.45, 7) is 1.49. The zero-order valence-electron chi connectivity index (χ0n) is 7.56. The highest BCUT2D eigenvalue weighted by atomic mass is 16.5. The summed E-state index contributed by atoms with van der Waals surface area (Å²) in [6.07, 6.45) is 1.38. The lowest BCUT2D eigenvalue weighted by atomic mass is 10.2. The van der Waals surface area contributed by atoms with E-state index in [1.165, 1.54) is 13.2 Å². The van der Waals surface area contributed by atoms with Crippen LogP contribution in [0, 0.1) is 5.92 Å². The van der Waals surface area contributed by atoms with Crippen molar-refractivity contribution in [3.8, 4) is 0 Å². The molecule has 6 nitrogen and oxygen atoms in total. The molecule has 0 aromatic carbocycles. The molecule has 0 saturated heterocycles. The second-order valence-electron chi connectivity index (χ2n) is 2.77. The third-order valence-corrected chi connectivity index (χ3v) is 1.70. The van der Waals surface area contributed by atoms with Crippen LogP contribution in [0.4, 0.5) is 0 Å². The fourth-order valence-electron chi connectivity index (χ4n) is 0.772. The SMILES string of the molecule is CC(C(=O)O)C(=O)NCc1ccon1. The van der Waals surface area contributed by atoms with Crippen LogP contribution in [0.1, 0.15) is 12.6 Å². The molecule has 0 aliphatic heterocycles. The molecular weight excluding hydrogens is 188 g/mol. The number of carboxylic acids is 1. The maximum absolute atomic E-state index is 11.1. The molecule has 14 heavy (non-hydrogen) atoms. The first-order valence-electron chi connectivity index (χ1n) is 4.01. The van der Waals surface area contributed by atoms with E-state index in [0.717, 1.165) is 0 Å². The van der Waals surface area contributed by atoms with Gasteiger partial charge >= 0.3 is 5.97 Å². The van der Waals surface area contributed by atoms with E-state index >= 15 is 0 Å². The van der Waals surface area contributed by atoms with E-state index in [2.05, 4.69) is 15.0 Å². The van der Waals surface area contributed by atoms with Crippen molar-refractivity contribution in [2.45, 2.75) is 13.5 Å². The summed E-state index contributed by atoms with van der Waals surface area (Å²) in [5, 5.41) is 14.5. The normalized spacial score (nSPS) is 12.1. The summed E-state index contributed by atoms with van der Waals surface area (Å²) >= 11 is 0. The number of nitrogens with one attached hydrogen (secondary N) is 1. The highest BCUT2D eigenvalue weighted by Crippen LogP contribution is 1.97. The van der Waals surface area contributed by atoms with E-state index in [1.54, 1.807) is 6.07 Å². The molecule has 0 aliphatic carbocycles. The molecule has 0 fully saturated rings. The Morgan fingerprint density at radius 3 is 2.93 bits per heavy atom. The number of hydrogen-bond donors (Lipinski definition) is 2. The Kier molecular flexibility index (Phi) is 3.22. The molecule has 0 saturated carbocycles. The van der Waals surface area contributed by atoms with Crippen LogP contribution in [0.25, 0.3) is 0 Å². The molecule has 1 aromatic heterocycles. The molecule has 1 atom stereocenters. The van der Waals surface area contributed by atoms with E-state index in [4.69, 9.17) is 5.11 Å². The lowest BCUT2D eigenvalue weighted by Gasteiger charge is -2.05. The molecule has 1 rings (SSSR count). The summed E-state index contributed by atoms with van der Waals surface area (Å²) in [6, 6.07) is 1.59. The van der Waals surface area contributed by atoms with E-state index in [1.807, 2.05) is 0 Å². The van der Waals surface area contributed by atoms with Gasteiger partial charge in [-0.3, -0.25) is 9.59 Å². The number of aromatic nitrogens is 1. The van der Waals surface area contributed by atoms with Gasteiger partial charge in [0.25, 0.3) is 0 Å². The van der Waals surface area contributed by atoms with Crippen molar-refractivity contribution in [2.75, 3.05) is 0 Å². The number of carboxylic acid groups (broad SMARTS) is 1. The second kappa shape index (κ2) is 4.40. The third kappa shape index (κ3) is 2.58. The third-order valence-electron chi connectivity index (χ3n) is 1.70. The highest BCUT2D eigenvalue weighted by Gasteiger charge is 2.19. The van der Waals surface area contributed by atoms with Crippen molar-refractivity contribution in [1.29, 1.82) is 0 Å². The van der Waals surface area contributed by atoms with Gasteiger partial charge in [-0.1, -0.05) is 5.16 Å². The molecule has 0 aliphatic rings. The second-order valence-corrected chi connectivity index (χ2v) is 2.77. The van der Waals surface area contributed by atoms with Crippen molar-refractivity contribution < 1.29 is 19.2 Å². The Morgan fingerprint density at radius 1 is 1.71 bits per heavy atom. The summed E-state index contributed by atoms with van der Waals surface area (Å²) in [5.74, 6) is -2.75. The van der Waals surface area contributed by atoms with E-state index in [0.29, 0.717) is 5.69 Å². The van der Waals surface area contributed by atoms with Gasteiger partial charge in [-0.05, 0) is 6.92 Å². The van der Waals surface area contributed by atoms with E-state index in [9.17, 15) is 9.59 Å². The number of aliphatic carboxylic acids is 1. The van der Waals surface area contributed by atoms with Crippen molar-refractivity contribution in [3.05, 3.63) is 18.0 Å². The van der Waals surface area contributed by atoms with Gasteiger partial charge in [0.05, 0.1) is 6.54 Å². The lowest BCUT2D eigenvalue weighted by molar-refractivity contribution is -0.146. The molecular formula is C8H10N2O4. The van der Waals surface area contributed by atoms with Crippen LogP contribution in [0.5, 0.6) is 0 Å². The Bertz CT molecular complexity index is 320. The summed E-state index contributed by atoms with van der Waals surface area (Å²) in [4.78, 5) is 21.5. The zero-order valence-corrected chi connectivity index (χ0v) is 7.56. The average Bonchev–Trinajstić information content (AvgIpc) is 2.65. The smallest absolute Gasteiger partial charge is 0.315 e. The van der Waals surface area contributed by atoms with Crippen molar-refractivity contribution in [3.63, 3.8) is 0 Å². The monoisotopic (exact) mass is 198 g/mol. The molecule has 76 valence electrons. The molecule has 1 heterocycles. The number of nitrogens with zero attached hydrogens (tertiary/aromatic N) is 1. The van der Waals surface area contributed by atoms with Gasteiger partial charge in [-0.2, -0.15) is 0 Å². The predicted molar refractivity (Wildman–Crippen MR) is 45.1 cm³/mol. The fourth-order valence-corrected chi connectivity index (χ4v) is 0.772. The summed E-state index contributed by atoms with van der Waals surface area (Å²) in [7, 11) is 0. The molecule has 6 heteroatoms. The molecule has 0 radical (unpaired) electrons. The van der Waals surface area contributed by atoms with Crippen molar-refractivity contribution >= 4 is 11.9 Å². The number of hydrogen-bond acceptors (Lipinski definition) is 4. The maximum atomic E-state index is 11.1. The van der Waals surface area contributed by atoms with Gasteiger partial charge in [-0.25, -0.2) is 0 Å². The van der Waals surface area contributed by atoms with Crippen LogP contribution in [0.15, 0.2) is 16.9 Å². The number of carbonyl (C=O) groups is 2. The predicted octanol–water partition coefficient (Wildman–Crippen LogP) is 0.0115. The minimum absolute atomic E-state index is 0.174. The minimum atomic E-state index is -1.15. The van der Waals surface area contributed by atoms with Gasteiger partial charge in [0.15, 0.2) is 0 Å². The highest BCUT2D eigenvalue weighted by molar-refractivity contribution is 5.96. The molecule has 0 spiro atoms. The van der Waals surface area contributed by atoms with Gasteiger partial charge in [0.2, 0.25) is 5.91 Å². The molecule has 1 unspecified atom stereocenters. The van der Waals surface area contributed by atoms with Gasteiger partial charge in [0.1, 0.15) is 17.9 Å². The van der Waals surface area contributed by atoms with Crippen LogP contribution >= 0.6 is 0 Å². The van der Waals surface area contributed by atoms with Crippen LogP contribution in [0.2, 0.25) is 0 Å². The number of carbonyl (C=O) groups excluding carboxylic acids is 1. The van der Waals surface area contributed by atoms with E-state index in [-0.39, 0.29) is 6.54 Å². The molecule has 1 aromatic rings. The molecule has 2 N–H and O–H groups in total.